The SMILES string of the molecule is C(CCN1CCOC2CCCCC21)CNC1CC1. The molecule has 104 valence electrons. The molecule has 2 aliphatic carbocycles. The van der Waals surface area contributed by atoms with Crippen LogP contribution in [0.5, 0.6) is 0 Å². The van der Waals surface area contributed by atoms with Gasteiger partial charge >= 0.3 is 0 Å². The second-order valence-electron chi connectivity index (χ2n) is 6.23. The minimum atomic E-state index is 0.553. The number of morpholine rings is 1. The van der Waals surface area contributed by atoms with Gasteiger partial charge in [0.05, 0.1) is 12.7 Å². The van der Waals surface area contributed by atoms with E-state index in [-0.39, 0.29) is 0 Å². The Hall–Kier alpha value is -0.120. The average molecular weight is 252 g/mol. The quantitative estimate of drug-likeness (QED) is 0.733. The van der Waals surface area contributed by atoms with E-state index in [4.69, 9.17) is 4.74 Å². The topological polar surface area (TPSA) is 24.5 Å². The summed E-state index contributed by atoms with van der Waals surface area (Å²) in [6.07, 6.45) is 11.5. The van der Waals surface area contributed by atoms with Gasteiger partial charge in [0.2, 0.25) is 0 Å². The van der Waals surface area contributed by atoms with E-state index < -0.39 is 0 Å². The monoisotopic (exact) mass is 252 g/mol. The molecular weight excluding hydrogens is 224 g/mol. The number of ether oxygens (including phenoxy) is 1. The summed E-state index contributed by atoms with van der Waals surface area (Å²) in [6.45, 7) is 4.64. The molecule has 3 heteroatoms. The summed E-state index contributed by atoms with van der Waals surface area (Å²) in [6, 6.07) is 1.61. The zero-order chi connectivity index (χ0) is 12.2. The Balaban J connectivity index is 1.34. The molecule has 1 N–H and O–H groups in total. The third-order valence-corrected chi connectivity index (χ3v) is 4.73. The average Bonchev–Trinajstić information content (AvgIpc) is 3.23. The van der Waals surface area contributed by atoms with Gasteiger partial charge < -0.3 is 10.1 Å². The van der Waals surface area contributed by atoms with Gasteiger partial charge in [-0.2, -0.15) is 0 Å². The third-order valence-electron chi connectivity index (χ3n) is 4.73. The highest BCUT2D eigenvalue weighted by Gasteiger charge is 2.33. The number of nitrogens with zero attached hydrogens (tertiary/aromatic N) is 1. The van der Waals surface area contributed by atoms with Crippen LogP contribution in [0.2, 0.25) is 0 Å². The molecule has 0 radical (unpaired) electrons. The van der Waals surface area contributed by atoms with Crippen molar-refractivity contribution >= 4 is 0 Å². The fourth-order valence-corrected chi connectivity index (χ4v) is 3.49. The molecule has 0 aromatic carbocycles. The first-order chi connectivity index (χ1) is 8.93. The molecule has 1 saturated heterocycles. The Labute approximate surface area is 111 Å². The highest BCUT2D eigenvalue weighted by Crippen LogP contribution is 2.28. The van der Waals surface area contributed by atoms with Crippen LogP contribution in [0.3, 0.4) is 0 Å². The zero-order valence-electron chi connectivity index (χ0n) is 11.6. The molecule has 3 nitrogen and oxygen atoms in total. The highest BCUT2D eigenvalue weighted by atomic mass is 16.5. The van der Waals surface area contributed by atoms with Gasteiger partial charge in [-0.25, -0.2) is 0 Å². The molecule has 0 aromatic rings. The Kier molecular flexibility index (Phi) is 4.55. The summed E-state index contributed by atoms with van der Waals surface area (Å²) >= 11 is 0. The molecule has 2 atom stereocenters. The molecule has 0 amide bonds. The summed E-state index contributed by atoms with van der Waals surface area (Å²) in [4.78, 5) is 2.71. The second kappa shape index (κ2) is 6.36. The van der Waals surface area contributed by atoms with Crippen LogP contribution in [0.4, 0.5) is 0 Å². The summed E-state index contributed by atoms with van der Waals surface area (Å²) in [7, 11) is 0. The summed E-state index contributed by atoms with van der Waals surface area (Å²) in [5, 5.41) is 3.61. The molecule has 1 aliphatic heterocycles. The molecule has 0 spiro atoms. The molecule has 2 unspecified atom stereocenters. The second-order valence-corrected chi connectivity index (χ2v) is 6.23. The molecule has 18 heavy (non-hydrogen) atoms. The lowest BCUT2D eigenvalue weighted by atomic mass is 9.90. The fraction of sp³-hybridized carbons (Fsp3) is 1.00. The van der Waals surface area contributed by atoms with Gasteiger partial charge in [0.15, 0.2) is 0 Å². The lowest BCUT2D eigenvalue weighted by Crippen LogP contribution is -2.52. The van der Waals surface area contributed by atoms with Gasteiger partial charge in [-0.3, -0.25) is 4.90 Å². The summed E-state index contributed by atoms with van der Waals surface area (Å²) in [5.41, 5.74) is 0. The van der Waals surface area contributed by atoms with Crippen LogP contribution in [-0.2, 0) is 4.74 Å². The summed E-state index contributed by atoms with van der Waals surface area (Å²) < 4.78 is 5.93. The molecular formula is C15H28N2O. The molecule has 0 aromatic heterocycles. The van der Waals surface area contributed by atoms with E-state index in [1.807, 2.05) is 0 Å². The van der Waals surface area contributed by atoms with Crippen LogP contribution in [0.15, 0.2) is 0 Å². The van der Waals surface area contributed by atoms with E-state index in [0.29, 0.717) is 6.10 Å². The normalized spacial score (nSPS) is 33.3. The van der Waals surface area contributed by atoms with Crippen molar-refractivity contribution in [2.24, 2.45) is 0 Å². The van der Waals surface area contributed by atoms with Gasteiger partial charge in [0.25, 0.3) is 0 Å². The molecule has 1 heterocycles. The van der Waals surface area contributed by atoms with E-state index in [2.05, 4.69) is 10.2 Å². The molecule has 3 aliphatic rings. The number of unbranched alkanes of at least 4 members (excludes halogenated alkanes) is 1. The fourth-order valence-electron chi connectivity index (χ4n) is 3.49. The maximum Gasteiger partial charge on any atom is 0.0730 e. The van der Waals surface area contributed by atoms with Crippen molar-refractivity contribution in [3.05, 3.63) is 0 Å². The van der Waals surface area contributed by atoms with Crippen molar-refractivity contribution in [3.63, 3.8) is 0 Å². The standard InChI is InChI=1S/C15H28N2O/c1-2-6-15-14(5-1)17(11-12-18-15)10-4-3-9-16-13-7-8-13/h13-16H,1-12H2. The van der Waals surface area contributed by atoms with E-state index in [1.165, 1.54) is 64.5 Å². The van der Waals surface area contributed by atoms with Crippen LogP contribution < -0.4 is 5.32 Å². The predicted octanol–water partition coefficient (Wildman–Crippen LogP) is 2.16. The van der Waals surface area contributed by atoms with Crippen LogP contribution >= 0.6 is 0 Å². The van der Waals surface area contributed by atoms with Gasteiger partial charge in [-0.1, -0.05) is 12.8 Å². The van der Waals surface area contributed by atoms with Gasteiger partial charge in [-0.15, -0.1) is 0 Å². The lowest BCUT2D eigenvalue weighted by Gasteiger charge is -2.43. The largest absolute Gasteiger partial charge is 0.375 e. The Bertz CT molecular complexity index is 253. The Morgan fingerprint density at radius 2 is 1.94 bits per heavy atom. The maximum absolute atomic E-state index is 5.93. The van der Waals surface area contributed by atoms with Crippen molar-refractivity contribution in [2.45, 2.75) is 69.6 Å². The first-order valence-electron chi connectivity index (χ1n) is 8.02. The van der Waals surface area contributed by atoms with Crippen LogP contribution in [0.1, 0.15) is 51.4 Å². The lowest BCUT2D eigenvalue weighted by molar-refractivity contribution is -0.0882. The third kappa shape index (κ3) is 3.46. The first-order valence-corrected chi connectivity index (χ1v) is 8.02. The highest BCUT2D eigenvalue weighted by molar-refractivity contribution is 4.87. The van der Waals surface area contributed by atoms with Gasteiger partial charge in [-0.05, 0) is 51.6 Å². The number of nitrogens with one attached hydrogen (secondary N) is 1. The minimum absolute atomic E-state index is 0.553. The Morgan fingerprint density at radius 3 is 2.83 bits per heavy atom. The van der Waals surface area contributed by atoms with Crippen molar-refractivity contribution < 1.29 is 4.74 Å². The number of hydrogen-bond donors (Lipinski definition) is 1. The molecule has 3 fully saturated rings. The van der Waals surface area contributed by atoms with Gasteiger partial charge in [0, 0.05) is 18.6 Å². The summed E-state index contributed by atoms with van der Waals surface area (Å²) in [5.74, 6) is 0. The molecule has 0 bridgehead atoms. The number of hydrogen-bond acceptors (Lipinski definition) is 3. The first kappa shape index (κ1) is 12.9. The van der Waals surface area contributed by atoms with Crippen LogP contribution in [0, 0.1) is 0 Å². The van der Waals surface area contributed by atoms with Crippen LogP contribution in [-0.4, -0.2) is 49.3 Å². The van der Waals surface area contributed by atoms with Gasteiger partial charge in [0.1, 0.15) is 0 Å². The molecule has 3 rings (SSSR count). The van der Waals surface area contributed by atoms with Crippen molar-refractivity contribution in [1.29, 1.82) is 0 Å². The van der Waals surface area contributed by atoms with Crippen molar-refractivity contribution in [2.75, 3.05) is 26.2 Å². The van der Waals surface area contributed by atoms with Crippen LogP contribution in [0.25, 0.3) is 0 Å². The van der Waals surface area contributed by atoms with E-state index in [1.54, 1.807) is 0 Å². The van der Waals surface area contributed by atoms with E-state index in [9.17, 15) is 0 Å². The van der Waals surface area contributed by atoms with E-state index >= 15 is 0 Å². The Morgan fingerprint density at radius 1 is 1.06 bits per heavy atom. The number of fused-ring (bicyclic) bond motifs is 1. The maximum atomic E-state index is 5.93. The molecule has 2 saturated carbocycles. The van der Waals surface area contributed by atoms with E-state index in [0.717, 1.165) is 25.2 Å². The number of rotatable bonds is 6. The van der Waals surface area contributed by atoms with Crippen molar-refractivity contribution in [1.82, 2.24) is 10.2 Å². The van der Waals surface area contributed by atoms with Crippen molar-refractivity contribution in [3.8, 4) is 0 Å². The smallest absolute Gasteiger partial charge is 0.0730 e. The predicted molar refractivity (Wildman–Crippen MR) is 73.8 cm³/mol. The zero-order valence-corrected chi connectivity index (χ0v) is 11.6. The minimum Gasteiger partial charge on any atom is -0.375 e.